The van der Waals surface area contributed by atoms with Crippen molar-refractivity contribution >= 4 is 23.2 Å². The molecule has 21 heavy (non-hydrogen) atoms. The van der Waals surface area contributed by atoms with E-state index in [1.807, 2.05) is 11.4 Å². The van der Waals surface area contributed by atoms with Gasteiger partial charge < -0.3 is 10.4 Å². The van der Waals surface area contributed by atoms with Crippen LogP contribution < -0.4 is 5.32 Å². The van der Waals surface area contributed by atoms with Gasteiger partial charge in [0.15, 0.2) is 0 Å². The number of carbonyl (C=O) groups excluding carboxylic acids is 1. The van der Waals surface area contributed by atoms with Crippen molar-refractivity contribution in [2.75, 3.05) is 6.54 Å². The van der Waals surface area contributed by atoms with Crippen molar-refractivity contribution in [3.63, 3.8) is 0 Å². The molecule has 1 aromatic rings. The summed E-state index contributed by atoms with van der Waals surface area (Å²) in [5, 5.41) is 14.3. The van der Waals surface area contributed by atoms with Crippen molar-refractivity contribution in [3.05, 3.63) is 22.4 Å². The van der Waals surface area contributed by atoms with E-state index in [0.29, 0.717) is 19.4 Å². The van der Waals surface area contributed by atoms with E-state index < -0.39 is 11.9 Å². The molecule has 1 aliphatic carbocycles. The molecule has 5 heteroatoms. The monoisotopic (exact) mass is 309 g/mol. The summed E-state index contributed by atoms with van der Waals surface area (Å²) in [6.45, 7) is 4.72. The number of thiophene rings is 1. The lowest BCUT2D eigenvalue weighted by Gasteiger charge is -2.30. The molecule has 0 spiro atoms. The predicted octanol–water partition coefficient (Wildman–Crippen LogP) is 3.03. The van der Waals surface area contributed by atoms with Crippen molar-refractivity contribution in [2.45, 2.75) is 44.9 Å². The van der Waals surface area contributed by atoms with E-state index >= 15 is 0 Å². The van der Waals surface area contributed by atoms with Gasteiger partial charge in [-0.2, -0.15) is 0 Å². The smallest absolute Gasteiger partial charge is 0.307 e. The van der Waals surface area contributed by atoms with E-state index in [0.717, 1.165) is 12.8 Å². The Balaban J connectivity index is 1.96. The van der Waals surface area contributed by atoms with Gasteiger partial charge in [-0.25, -0.2) is 0 Å². The summed E-state index contributed by atoms with van der Waals surface area (Å²) in [5.41, 5.74) is -0.128. The molecule has 1 amide bonds. The summed E-state index contributed by atoms with van der Waals surface area (Å²) in [6.07, 6.45) is 3.14. The molecule has 0 saturated heterocycles. The van der Waals surface area contributed by atoms with Gasteiger partial charge in [0, 0.05) is 16.8 Å². The first-order valence-corrected chi connectivity index (χ1v) is 8.34. The molecule has 1 heterocycles. The van der Waals surface area contributed by atoms with Crippen LogP contribution in [-0.2, 0) is 15.0 Å². The van der Waals surface area contributed by atoms with Crippen LogP contribution in [0.2, 0.25) is 0 Å². The Labute approximate surface area is 129 Å². The molecule has 2 atom stereocenters. The average Bonchev–Trinajstić information content (AvgIpc) is 3.00. The number of amides is 1. The zero-order valence-electron chi connectivity index (χ0n) is 12.6. The second kappa shape index (κ2) is 6.60. The van der Waals surface area contributed by atoms with Crippen molar-refractivity contribution in [3.8, 4) is 0 Å². The van der Waals surface area contributed by atoms with E-state index in [9.17, 15) is 14.7 Å². The van der Waals surface area contributed by atoms with Crippen LogP contribution in [0, 0.1) is 11.8 Å². The highest BCUT2D eigenvalue weighted by Gasteiger charge is 2.36. The molecule has 0 radical (unpaired) electrons. The SMILES string of the molecule is CC(C)(CNC(=O)[C@@H]1CCCC[C@@H]1C(=O)O)c1cccs1. The molecule has 1 saturated carbocycles. The molecule has 1 aliphatic rings. The standard InChI is InChI=1S/C16H23NO3S/c1-16(2,13-8-5-9-21-13)10-17-14(18)11-6-3-4-7-12(11)15(19)20/h5,8-9,11-12H,3-4,6-7,10H2,1-2H3,(H,17,18)(H,19,20)/t11-,12+/m1/s1. The maximum atomic E-state index is 12.4. The molecule has 2 N–H and O–H groups in total. The Morgan fingerprint density at radius 2 is 2.00 bits per heavy atom. The van der Waals surface area contributed by atoms with Gasteiger partial charge in [0.1, 0.15) is 0 Å². The highest BCUT2D eigenvalue weighted by molar-refractivity contribution is 7.10. The van der Waals surface area contributed by atoms with Gasteiger partial charge in [-0.15, -0.1) is 11.3 Å². The van der Waals surface area contributed by atoms with Gasteiger partial charge in [0.2, 0.25) is 5.91 Å². The number of carboxylic acid groups (broad SMARTS) is 1. The van der Waals surface area contributed by atoms with Gasteiger partial charge in [0.05, 0.1) is 11.8 Å². The van der Waals surface area contributed by atoms with Crippen LogP contribution in [0.5, 0.6) is 0 Å². The minimum atomic E-state index is -0.840. The van der Waals surface area contributed by atoms with Crippen LogP contribution >= 0.6 is 11.3 Å². The summed E-state index contributed by atoms with van der Waals surface area (Å²) in [4.78, 5) is 24.9. The molecular formula is C16H23NO3S. The van der Waals surface area contributed by atoms with E-state index in [1.54, 1.807) is 11.3 Å². The van der Waals surface area contributed by atoms with E-state index in [-0.39, 0.29) is 17.2 Å². The van der Waals surface area contributed by atoms with Crippen LogP contribution in [0.1, 0.15) is 44.4 Å². The summed E-state index contributed by atoms with van der Waals surface area (Å²) in [5.74, 6) is -1.85. The fourth-order valence-electron chi connectivity index (χ4n) is 2.93. The third kappa shape index (κ3) is 3.84. The van der Waals surface area contributed by atoms with Crippen molar-refractivity contribution in [2.24, 2.45) is 11.8 Å². The topological polar surface area (TPSA) is 66.4 Å². The van der Waals surface area contributed by atoms with E-state index in [2.05, 4.69) is 25.2 Å². The Hall–Kier alpha value is -1.36. The zero-order valence-corrected chi connectivity index (χ0v) is 13.4. The molecule has 2 rings (SSSR count). The van der Waals surface area contributed by atoms with Crippen LogP contribution in [-0.4, -0.2) is 23.5 Å². The molecule has 0 aromatic carbocycles. The number of hydrogen-bond donors (Lipinski definition) is 2. The Kier molecular flexibility index (Phi) is 5.04. The lowest BCUT2D eigenvalue weighted by atomic mass is 9.78. The molecule has 0 bridgehead atoms. The quantitative estimate of drug-likeness (QED) is 0.878. The number of nitrogens with one attached hydrogen (secondary N) is 1. The third-order valence-corrected chi connectivity index (χ3v) is 5.55. The summed E-state index contributed by atoms with van der Waals surface area (Å²) in [7, 11) is 0. The number of carbonyl (C=O) groups is 2. The fraction of sp³-hybridized carbons (Fsp3) is 0.625. The lowest BCUT2D eigenvalue weighted by molar-refractivity contribution is -0.148. The molecule has 4 nitrogen and oxygen atoms in total. The summed E-state index contributed by atoms with van der Waals surface area (Å²) < 4.78 is 0. The minimum Gasteiger partial charge on any atom is -0.481 e. The van der Waals surface area contributed by atoms with Crippen LogP contribution in [0.4, 0.5) is 0 Å². The number of rotatable bonds is 5. The van der Waals surface area contributed by atoms with Gasteiger partial charge in [-0.05, 0) is 24.3 Å². The number of hydrogen-bond acceptors (Lipinski definition) is 3. The first-order valence-electron chi connectivity index (χ1n) is 7.46. The molecule has 116 valence electrons. The largest absolute Gasteiger partial charge is 0.481 e. The fourth-order valence-corrected chi connectivity index (χ4v) is 3.78. The predicted molar refractivity (Wildman–Crippen MR) is 83.4 cm³/mol. The molecule has 1 aromatic heterocycles. The van der Waals surface area contributed by atoms with Gasteiger partial charge >= 0.3 is 5.97 Å². The van der Waals surface area contributed by atoms with Crippen LogP contribution in [0.15, 0.2) is 17.5 Å². The summed E-state index contributed by atoms with van der Waals surface area (Å²) >= 11 is 1.68. The number of aliphatic carboxylic acids is 1. The maximum absolute atomic E-state index is 12.4. The number of carboxylic acids is 1. The minimum absolute atomic E-state index is 0.105. The highest BCUT2D eigenvalue weighted by atomic mass is 32.1. The van der Waals surface area contributed by atoms with Crippen LogP contribution in [0.3, 0.4) is 0 Å². The molecular weight excluding hydrogens is 286 g/mol. The molecule has 0 unspecified atom stereocenters. The van der Waals surface area contributed by atoms with Crippen molar-refractivity contribution < 1.29 is 14.7 Å². The molecule has 1 fully saturated rings. The van der Waals surface area contributed by atoms with Gasteiger partial charge in [-0.3, -0.25) is 9.59 Å². The van der Waals surface area contributed by atoms with Gasteiger partial charge in [-0.1, -0.05) is 32.8 Å². The third-order valence-electron chi connectivity index (χ3n) is 4.31. The second-order valence-electron chi connectivity index (χ2n) is 6.41. The normalized spacial score (nSPS) is 22.8. The first kappa shape index (κ1) is 16.0. The highest BCUT2D eigenvalue weighted by Crippen LogP contribution is 2.31. The first-order chi connectivity index (χ1) is 9.92. The Morgan fingerprint density at radius 3 is 2.57 bits per heavy atom. The van der Waals surface area contributed by atoms with Crippen molar-refractivity contribution in [1.29, 1.82) is 0 Å². The van der Waals surface area contributed by atoms with E-state index in [1.165, 1.54) is 4.88 Å². The Bertz CT molecular complexity index is 496. The second-order valence-corrected chi connectivity index (χ2v) is 7.36. The molecule has 0 aliphatic heterocycles. The van der Waals surface area contributed by atoms with Crippen LogP contribution in [0.25, 0.3) is 0 Å². The summed E-state index contributed by atoms with van der Waals surface area (Å²) in [6, 6.07) is 4.07. The van der Waals surface area contributed by atoms with Crippen molar-refractivity contribution in [1.82, 2.24) is 5.32 Å². The zero-order chi connectivity index (χ0) is 15.5. The van der Waals surface area contributed by atoms with E-state index in [4.69, 9.17) is 0 Å². The average molecular weight is 309 g/mol. The lowest BCUT2D eigenvalue weighted by Crippen LogP contribution is -2.43. The Morgan fingerprint density at radius 1 is 1.33 bits per heavy atom. The maximum Gasteiger partial charge on any atom is 0.307 e. The van der Waals surface area contributed by atoms with Gasteiger partial charge in [0.25, 0.3) is 0 Å².